The zero-order chi connectivity index (χ0) is 32.9. The van der Waals surface area contributed by atoms with Crippen molar-refractivity contribution in [3.8, 4) is 5.88 Å². The SMILES string of the molecule is CCOC(=O)c1cccc(C(CCC(=O)OC(C)(C)C)CC(=O)c2c(C)nn3c(OCc4c(F)cccc4F)cc(C)cc23)n1. The molecule has 3 heterocycles. The molecule has 0 fully saturated rings. The number of fused-ring (bicyclic) bond motifs is 1. The lowest BCUT2D eigenvalue weighted by Gasteiger charge is -2.21. The number of carbonyl (C=O) groups excluding carboxylic acids is 3. The van der Waals surface area contributed by atoms with Crippen molar-refractivity contribution in [1.82, 2.24) is 14.6 Å². The first-order valence-corrected chi connectivity index (χ1v) is 14.7. The molecule has 0 radical (unpaired) electrons. The fourth-order valence-electron chi connectivity index (χ4n) is 4.99. The summed E-state index contributed by atoms with van der Waals surface area (Å²) in [7, 11) is 0. The Morgan fingerprint density at radius 3 is 2.36 bits per heavy atom. The normalized spacial score (nSPS) is 12.2. The van der Waals surface area contributed by atoms with Gasteiger partial charge in [-0.2, -0.15) is 5.10 Å². The van der Waals surface area contributed by atoms with Crippen molar-refractivity contribution in [3.63, 3.8) is 0 Å². The second-order valence-electron chi connectivity index (χ2n) is 11.7. The Labute approximate surface area is 260 Å². The standard InChI is InChI=1S/C34H37F2N3O6/c1-7-43-33(42)27-13-9-12-26(37-27)22(14-15-31(41)45-34(4,5)6)18-29(40)32-21(3)38-39-28(32)16-20(2)17-30(39)44-19-23-24(35)10-8-11-25(23)36/h8-13,16-17,22H,7,14-15,18-19H2,1-6H3. The van der Waals surface area contributed by atoms with Crippen molar-refractivity contribution in [3.05, 3.63) is 93.9 Å². The van der Waals surface area contributed by atoms with E-state index in [2.05, 4.69) is 10.1 Å². The van der Waals surface area contributed by atoms with Crippen LogP contribution in [0, 0.1) is 25.5 Å². The van der Waals surface area contributed by atoms with Gasteiger partial charge in [-0.15, -0.1) is 0 Å². The molecule has 0 aliphatic heterocycles. The van der Waals surface area contributed by atoms with E-state index in [1.165, 1.54) is 16.6 Å². The smallest absolute Gasteiger partial charge is 0.356 e. The van der Waals surface area contributed by atoms with E-state index in [0.717, 1.165) is 17.7 Å². The van der Waals surface area contributed by atoms with Crippen LogP contribution in [-0.4, -0.2) is 44.5 Å². The van der Waals surface area contributed by atoms with E-state index in [1.54, 1.807) is 58.9 Å². The summed E-state index contributed by atoms with van der Waals surface area (Å²) >= 11 is 0. The number of ketones is 1. The van der Waals surface area contributed by atoms with Crippen molar-refractivity contribution < 1.29 is 37.4 Å². The van der Waals surface area contributed by atoms with Gasteiger partial charge < -0.3 is 14.2 Å². The Bertz CT molecular complexity index is 1710. The molecule has 0 bridgehead atoms. The van der Waals surface area contributed by atoms with E-state index < -0.39 is 35.1 Å². The molecule has 0 saturated heterocycles. The zero-order valence-corrected chi connectivity index (χ0v) is 26.3. The summed E-state index contributed by atoms with van der Waals surface area (Å²) in [4.78, 5) is 43.5. The second kappa shape index (κ2) is 14.0. The van der Waals surface area contributed by atoms with Crippen LogP contribution in [0.1, 0.15) is 96.2 Å². The molecule has 1 atom stereocenters. The summed E-state index contributed by atoms with van der Waals surface area (Å²) in [5.74, 6) is -3.07. The molecule has 0 saturated carbocycles. The molecule has 0 N–H and O–H groups in total. The van der Waals surface area contributed by atoms with Gasteiger partial charge in [-0.05, 0) is 83.9 Å². The zero-order valence-electron chi connectivity index (χ0n) is 26.3. The first-order valence-electron chi connectivity index (χ1n) is 14.7. The Morgan fingerprint density at radius 1 is 1.00 bits per heavy atom. The summed E-state index contributed by atoms with van der Waals surface area (Å²) < 4.78 is 46.3. The Morgan fingerprint density at radius 2 is 1.69 bits per heavy atom. The number of aromatic nitrogens is 3. The lowest BCUT2D eigenvalue weighted by atomic mass is 9.90. The van der Waals surface area contributed by atoms with Crippen LogP contribution in [-0.2, 0) is 20.9 Å². The summed E-state index contributed by atoms with van der Waals surface area (Å²) in [6, 6.07) is 11.9. The van der Waals surface area contributed by atoms with Gasteiger partial charge in [-0.25, -0.2) is 23.1 Å². The van der Waals surface area contributed by atoms with Crippen LogP contribution in [0.2, 0.25) is 0 Å². The van der Waals surface area contributed by atoms with Crippen LogP contribution in [0.25, 0.3) is 5.52 Å². The molecule has 3 aromatic heterocycles. The molecule has 238 valence electrons. The number of halogens is 2. The first kappa shape index (κ1) is 33.2. The average molecular weight is 622 g/mol. The van der Waals surface area contributed by atoms with Gasteiger partial charge in [0.25, 0.3) is 0 Å². The number of Topliss-reactive ketones (excluding diaryl/α,β-unsaturated/α-hetero) is 1. The van der Waals surface area contributed by atoms with Crippen molar-refractivity contribution in [2.24, 2.45) is 0 Å². The number of rotatable bonds is 12. The molecule has 9 nitrogen and oxygen atoms in total. The summed E-state index contributed by atoms with van der Waals surface area (Å²) in [5, 5.41) is 4.52. The van der Waals surface area contributed by atoms with E-state index in [-0.39, 0.29) is 55.4 Å². The Balaban J connectivity index is 1.66. The average Bonchev–Trinajstić information content (AvgIpc) is 3.29. The molecule has 0 aliphatic rings. The third kappa shape index (κ3) is 8.29. The number of hydrogen-bond donors (Lipinski definition) is 0. The van der Waals surface area contributed by atoms with E-state index in [4.69, 9.17) is 14.2 Å². The van der Waals surface area contributed by atoms with Gasteiger partial charge in [-0.3, -0.25) is 9.59 Å². The molecule has 0 spiro atoms. The molecule has 11 heteroatoms. The fourth-order valence-corrected chi connectivity index (χ4v) is 4.99. The van der Waals surface area contributed by atoms with Crippen molar-refractivity contribution in [2.45, 2.75) is 78.9 Å². The van der Waals surface area contributed by atoms with Gasteiger partial charge in [0.1, 0.15) is 29.5 Å². The highest BCUT2D eigenvalue weighted by Crippen LogP contribution is 2.31. The lowest BCUT2D eigenvalue weighted by Crippen LogP contribution is -2.24. The largest absolute Gasteiger partial charge is 0.473 e. The van der Waals surface area contributed by atoms with Crippen molar-refractivity contribution in [2.75, 3.05) is 6.61 Å². The number of pyridine rings is 2. The predicted octanol–water partition coefficient (Wildman–Crippen LogP) is 6.86. The van der Waals surface area contributed by atoms with Gasteiger partial charge in [0, 0.05) is 30.5 Å². The fraction of sp³-hybridized carbons (Fsp3) is 0.382. The van der Waals surface area contributed by atoms with E-state index in [9.17, 15) is 23.2 Å². The monoisotopic (exact) mass is 621 g/mol. The van der Waals surface area contributed by atoms with Crippen LogP contribution in [0.15, 0.2) is 48.5 Å². The number of nitrogens with zero attached hydrogens (tertiary/aromatic N) is 3. The highest BCUT2D eigenvalue weighted by Gasteiger charge is 2.27. The molecular weight excluding hydrogens is 584 g/mol. The minimum absolute atomic E-state index is 0.0258. The molecule has 0 aliphatic carbocycles. The number of aryl methyl sites for hydroxylation is 2. The third-order valence-electron chi connectivity index (χ3n) is 6.95. The predicted molar refractivity (Wildman–Crippen MR) is 162 cm³/mol. The number of hydrogen-bond acceptors (Lipinski definition) is 8. The van der Waals surface area contributed by atoms with Crippen LogP contribution < -0.4 is 4.74 Å². The van der Waals surface area contributed by atoms with E-state index >= 15 is 0 Å². The highest BCUT2D eigenvalue weighted by molar-refractivity contribution is 6.04. The maximum absolute atomic E-state index is 14.2. The van der Waals surface area contributed by atoms with Gasteiger partial charge in [0.2, 0.25) is 5.88 Å². The van der Waals surface area contributed by atoms with Crippen LogP contribution in [0.5, 0.6) is 5.88 Å². The third-order valence-corrected chi connectivity index (χ3v) is 6.95. The summed E-state index contributed by atoms with van der Waals surface area (Å²) in [6.45, 7) is 10.3. The van der Waals surface area contributed by atoms with Gasteiger partial charge >= 0.3 is 11.9 Å². The van der Waals surface area contributed by atoms with Crippen molar-refractivity contribution >= 4 is 23.2 Å². The van der Waals surface area contributed by atoms with Crippen LogP contribution >= 0.6 is 0 Å². The van der Waals surface area contributed by atoms with Gasteiger partial charge in [0.05, 0.1) is 28.9 Å². The number of carbonyl (C=O) groups is 3. The van der Waals surface area contributed by atoms with Gasteiger partial charge in [0.15, 0.2) is 5.78 Å². The van der Waals surface area contributed by atoms with E-state index in [1.807, 2.05) is 6.92 Å². The topological polar surface area (TPSA) is 109 Å². The molecule has 1 aromatic carbocycles. The number of esters is 2. The van der Waals surface area contributed by atoms with Crippen LogP contribution in [0.4, 0.5) is 8.78 Å². The maximum atomic E-state index is 14.2. The van der Waals surface area contributed by atoms with E-state index in [0.29, 0.717) is 22.5 Å². The number of benzene rings is 1. The molecule has 0 amide bonds. The first-order chi connectivity index (χ1) is 21.3. The summed E-state index contributed by atoms with van der Waals surface area (Å²) in [5.41, 5.74) is 1.62. The highest BCUT2D eigenvalue weighted by atomic mass is 19.1. The number of ether oxygens (including phenoxy) is 3. The minimum atomic E-state index is -0.732. The molecule has 4 rings (SSSR count). The van der Waals surface area contributed by atoms with Gasteiger partial charge in [-0.1, -0.05) is 12.1 Å². The quantitative estimate of drug-likeness (QED) is 0.125. The Hall–Kier alpha value is -4.67. The summed E-state index contributed by atoms with van der Waals surface area (Å²) in [6.07, 6.45) is 0.215. The maximum Gasteiger partial charge on any atom is 0.356 e. The minimum Gasteiger partial charge on any atom is -0.473 e. The molecule has 45 heavy (non-hydrogen) atoms. The second-order valence-corrected chi connectivity index (χ2v) is 11.7. The molecular formula is C34H37F2N3O6. The van der Waals surface area contributed by atoms with Crippen molar-refractivity contribution in [1.29, 1.82) is 0 Å². The molecule has 4 aromatic rings. The molecule has 1 unspecified atom stereocenters. The lowest BCUT2D eigenvalue weighted by molar-refractivity contribution is -0.155. The Kier molecular flexibility index (Phi) is 10.3. The van der Waals surface area contributed by atoms with Crippen LogP contribution in [0.3, 0.4) is 0 Å².